The summed E-state index contributed by atoms with van der Waals surface area (Å²) in [6, 6.07) is 0.766. The Morgan fingerprint density at radius 2 is 1.95 bits per heavy atom. The van der Waals surface area contributed by atoms with Crippen LogP contribution in [-0.4, -0.2) is 51.1 Å². The predicted molar refractivity (Wildman–Crippen MR) is 71.7 cm³/mol. The lowest BCUT2D eigenvalue weighted by molar-refractivity contribution is 0.0685. The molecule has 0 aromatic heterocycles. The minimum atomic E-state index is -4.29. The largest absolute Gasteiger partial charge is 0.477 e. The van der Waals surface area contributed by atoms with Crippen molar-refractivity contribution in [3.63, 3.8) is 0 Å². The quantitative estimate of drug-likeness (QED) is 0.812. The number of carboxylic acid groups (broad SMARTS) is 1. The molecule has 0 aliphatic carbocycles. The topological polar surface area (TPSA) is 86.7 Å². The molecule has 1 aromatic carbocycles. The molecule has 2 N–H and O–H groups in total. The third-order valence-electron chi connectivity index (χ3n) is 2.55. The molecule has 1 unspecified atom stereocenters. The van der Waals surface area contributed by atoms with Gasteiger partial charge in [0, 0.05) is 12.6 Å². The van der Waals surface area contributed by atoms with Crippen LogP contribution in [0.25, 0.3) is 0 Å². The van der Waals surface area contributed by atoms with Gasteiger partial charge in [0.05, 0.1) is 0 Å². The number of carboxylic acids is 1. The van der Waals surface area contributed by atoms with E-state index >= 15 is 0 Å². The highest BCUT2D eigenvalue weighted by atomic mass is 32.2. The van der Waals surface area contributed by atoms with Crippen LogP contribution in [-0.2, 0) is 10.0 Å². The van der Waals surface area contributed by atoms with Crippen molar-refractivity contribution in [3.05, 3.63) is 29.3 Å². The summed E-state index contributed by atoms with van der Waals surface area (Å²) in [5, 5.41) is 8.74. The number of halogens is 2. The summed E-state index contributed by atoms with van der Waals surface area (Å²) >= 11 is 0. The molecular formula is C12H16F2N2O4S. The van der Waals surface area contributed by atoms with E-state index in [0.29, 0.717) is 18.7 Å². The summed E-state index contributed by atoms with van der Waals surface area (Å²) < 4.78 is 53.5. The first-order chi connectivity index (χ1) is 9.56. The zero-order valence-electron chi connectivity index (χ0n) is 11.7. The van der Waals surface area contributed by atoms with Gasteiger partial charge in [-0.05, 0) is 33.2 Å². The van der Waals surface area contributed by atoms with E-state index in [0.717, 1.165) is 0 Å². The van der Waals surface area contributed by atoms with Crippen LogP contribution in [0.5, 0.6) is 0 Å². The Morgan fingerprint density at radius 3 is 2.43 bits per heavy atom. The summed E-state index contributed by atoms with van der Waals surface area (Å²) in [7, 11) is -0.834. The number of sulfonamides is 1. The highest BCUT2D eigenvalue weighted by Gasteiger charge is 2.27. The van der Waals surface area contributed by atoms with Gasteiger partial charge in [0.1, 0.15) is 16.3 Å². The molecule has 0 saturated heterocycles. The second kappa shape index (κ2) is 6.46. The van der Waals surface area contributed by atoms with Crippen LogP contribution in [0.1, 0.15) is 17.3 Å². The van der Waals surface area contributed by atoms with Gasteiger partial charge in [-0.2, -0.15) is 0 Å². The van der Waals surface area contributed by atoms with Crippen molar-refractivity contribution in [1.82, 2.24) is 9.62 Å². The third-order valence-corrected chi connectivity index (χ3v) is 4.16. The van der Waals surface area contributed by atoms with E-state index in [2.05, 4.69) is 4.72 Å². The van der Waals surface area contributed by atoms with Gasteiger partial charge >= 0.3 is 5.97 Å². The van der Waals surface area contributed by atoms with E-state index < -0.39 is 44.1 Å². The smallest absolute Gasteiger partial charge is 0.341 e. The van der Waals surface area contributed by atoms with Crippen LogP contribution < -0.4 is 4.72 Å². The van der Waals surface area contributed by atoms with Gasteiger partial charge in [-0.1, -0.05) is 0 Å². The van der Waals surface area contributed by atoms with Crippen LogP contribution in [0.2, 0.25) is 0 Å². The van der Waals surface area contributed by atoms with Crippen molar-refractivity contribution in [2.75, 3.05) is 20.6 Å². The van der Waals surface area contributed by atoms with Gasteiger partial charge in [0.15, 0.2) is 5.82 Å². The second-order valence-corrected chi connectivity index (χ2v) is 6.51. The molecule has 1 atom stereocenters. The summed E-state index contributed by atoms with van der Waals surface area (Å²) in [4.78, 5) is 11.6. The van der Waals surface area contributed by atoms with Gasteiger partial charge in [0.2, 0.25) is 10.0 Å². The number of hydrogen-bond donors (Lipinski definition) is 2. The number of likely N-dealkylation sites (N-methyl/N-ethyl adjacent to an activating group) is 1. The lowest BCUT2D eigenvalue weighted by atomic mass is 10.2. The monoisotopic (exact) mass is 322 g/mol. The fourth-order valence-corrected chi connectivity index (χ4v) is 3.17. The fourth-order valence-electron chi connectivity index (χ4n) is 1.85. The lowest BCUT2D eigenvalue weighted by Crippen LogP contribution is -2.39. The van der Waals surface area contributed by atoms with Crippen molar-refractivity contribution in [2.45, 2.75) is 17.9 Å². The lowest BCUT2D eigenvalue weighted by Gasteiger charge is -2.18. The van der Waals surface area contributed by atoms with Crippen LogP contribution in [0.3, 0.4) is 0 Å². The Bertz CT molecular complexity index is 647. The number of carbonyl (C=O) groups is 1. The Kier molecular flexibility index (Phi) is 5.37. The van der Waals surface area contributed by atoms with Crippen molar-refractivity contribution in [1.29, 1.82) is 0 Å². The average Bonchev–Trinajstić information content (AvgIpc) is 2.25. The first-order valence-electron chi connectivity index (χ1n) is 5.94. The molecule has 1 rings (SSSR count). The summed E-state index contributed by atoms with van der Waals surface area (Å²) in [6.45, 7) is 1.92. The number of hydrogen-bond acceptors (Lipinski definition) is 4. The third kappa shape index (κ3) is 4.19. The summed E-state index contributed by atoms with van der Waals surface area (Å²) in [5.74, 6) is -4.82. The standard InChI is InChI=1S/C12H16F2N2O4S/c1-7(6-16(2)3)15-21(19,20)9-5-4-8(13)10(11(9)14)12(17)18/h4-5,7,15H,6H2,1-3H3,(H,17,18). The van der Waals surface area contributed by atoms with E-state index in [1.165, 1.54) is 0 Å². The number of benzene rings is 1. The van der Waals surface area contributed by atoms with Crippen molar-refractivity contribution >= 4 is 16.0 Å². The number of nitrogens with one attached hydrogen (secondary N) is 1. The molecule has 0 radical (unpaired) electrons. The van der Waals surface area contributed by atoms with Gasteiger partial charge < -0.3 is 10.0 Å². The van der Waals surface area contributed by atoms with Crippen LogP contribution >= 0.6 is 0 Å². The predicted octanol–water partition coefficient (Wildman–Crippen LogP) is 0.891. The zero-order valence-corrected chi connectivity index (χ0v) is 12.5. The van der Waals surface area contributed by atoms with Crippen molar-refractivity contribution in [2.24, 2.45) is 0 Å². The molecule has 0 heterocycles. The SMILES string of the molecule is CC(CN(C)C)NS(=O)(=O)c1ccc(F)c(C(=O)O)c1F. The van der Waals surface area contributed by atoms with Gasteiger partial charge in [-0.25, -0.2) is 26.7 Å². The second-order valence-electron chi connectivity index (χ2n) is 4.82. The zero-order chi connectivity index (χ0) is 16.4. The molecule has 9 heteroatoms. The van der Waals surface area contributed by atoms with E-state index in [-0.39, 0.29) is 0 Å². The van der Waals surface area contributed by atoms with E-state index in [1.807, 2.05) is 0 Å². The minimum absolute atomic E-state index is 0.355. The minimum Gasteiger partial charge on any atom is -0.477 e. The molecule has 118 valence electrons. The van der Waals surface area contributed by atoms with Crippen molar-refractivity contribution < 1.29 is 27.1 Å². The Balaban J connectivity index is 3.21. The van der Waals surface area contributed by atoms with Crippen molar-refractivity contribution in [3.8, 4) is 0 Å². The highest BCUT2D eigenvalue weighted by molar-refractivity contribution is 7.89. The molecule has 21 heavy (non-hydrogen) atoms. The van der Waals surface area contributed by atoms with Gasteiger partial charge in [-0.3, -0.25) is 0 Å². The molecule has 1 aromatic rings. The van der Waals surface area contributed by atoms with Crippen LogP contribution in [0, 0.1) is 11.6 Å². The van der Waals surface area contributed by atoms with E-state index in [1.54, 1.807) is 25.9 Å². The molecule has 0 saturated carbocycles. The molecule has 0 amide bonds. The van der Waals surface area contributed by atoms with Crippen LogP contribution in [0.4, 0.5) is 8.78 Å². The molecule has 6 nitrogen and oxygen atoms in total. The molecule has 0 bridgehead atoms. The Hall–Kier alpha value is -1.58. The van der Waals surface area contributed by atoms with E-state index in [9.17, 15) is 22.0 Å². The van der Waals surface area contributed by atoms with Gasteiger partial charge in [0.25, 0.3) is 0 Å². The molecule has 0 aliphatic rings. The molecule has 0 fully saturated rings. The van der Waals surface area contributed by atoms with E-state index in [4.69, 9.17) is 5.11 Å². The first-order valence-corrected chi connectivity index (χ1v) is 7.43. The summed E-state index contributed by atoms with van der Waals surface area (Å²) in [6.07, 6.45) is 0. The molecule has 0 aliphatic heterocycles. The average molecular weight is 322 g/mol. The van der Waals surface area contributed by atoms with Crippen LogP contribution in [0.15, 0.2) is 17.0 Å². The highest BCUT2D eigenvalue weighted by Crippen LogP contribution is 2.21. The number of aromatic carboxylic acids is 1. The number of nitrogens with zero attached hydrogens (tertiary/aromatic N) is 1. The maximum atomic E-state index is 13.9. The Labute approximate surface area is 121 Å². The first kappa shape index (κ1) is 17.5. The molecular weight excluding hydrogens is 306 g/mol. The number of rotatable bonds is 6. The normalized spacial score (nSPS) is 13.4. The maximum absolute atomic E-state index is 13.9. The van der Waals surface area contributed by atoms with Gasteiger partial charge in [-0.15, -0.1) is 0 Å². The summed E-state index contributed by atoms with van der Waals surface area (Å²) in [5.41, 5.74) is -1.29. The fraction of sp³-hybridized carbons (Fsp3) is 0.417. The molecule has 0 spiro atoms. The maximum Gasteiger partial charge on any atom is 0.341 e. The Morgan fingerprint density at radius 1 is 1.38 bits per heavy atom.